The van der Waals surface area contributed by atoms with E-state index in [0.717, 1.165) is 11.5 Å². The van der Waals surface area contributed by atoms with E-state index in [9.17, 15) is 29.3 Å². The number of unbranched alkanes of at least 4 members (excludes halogenated alkanes) is 1. The Morgan fingerprint density at radius 3 is 1.98 bits per heavy atom. The van der Waals surface area contributed by atoms with Crippen molar-refractivity contribution in [1.29, 1.82) is 0 Å². The van der Waals surface area contributed by atoms with Crippen molar-refractivity contribution in [3.05, 3.63) is 39.9 Å². The second-order valence-electron chi connectivity index (χ2n) is 8.97. The van der Waals surface area contributed by atoms with Gasteiger partial charge >= 0.3 is 18.2 Å². The van der Waals surface area contributed by atoms with Crippen LogP contribution in [-0.2, 0) is 19.2 Å². The first-order valence-electron chi connectivity index (χ1n) is 14.5. The Labute approximate surface area is 256 Å². The van der Waals surface area contributed by atoms with Crippen LogP contribution in [-0.4, -0.2) is 83.7 Å². The average Bonchev–Trinajstić information content (AvgIpc) is 3.00. The topological polar surface area (TPSA) is 195 Å². The normalized spacial score (nSPS) is 11.1. The quantitative estimate of drug-likeness (QED) is 0.151. The van der Waals surface area contributed by atoms with Crippen molar-refractivity contribution >= 4 is 29.6 Å². The maximum Gasteiger partial charge on any atom is 0.443 e. The zero-order valence-electron chi connectivity index (χ0n) is 27.4. The van der Waals surface area contributed by atoms with Gasteiger partial charge in [0.1, 0.15) is 6.10 Å². The molecule has 0 aliphatic heterocycles. The fraction of sp³-hybridized carbons (Fsp3) is 0.655. The molecule has 248 valence electrons. The van der Waals surface area contributed by atoms with Gasteiger partial charge in [-0.2, -0.15) is 0 Å². The zero-order chi connectivity index (χ0) is 34.1. The number of carboxylic acids is 1. The molecule has 0 bridgehead atoms. The molecule has 0 aromatic heterocycles. The smallest absolute Gasteiger partial charge is 0.443 e. The SMILES string of the molecule is CC.CCCCN(OC(=O)N(CC)CC)C(=O)OC(C)c1ccccc1[N+](=O)[O-].CN.CN[C@@H](CC(C)C)C(=O)C(=O)O. The molecular weight excluding hydrogens is 562 g/mol. The van der Waals surface area contributed by atoms with Gasteiger partial charge in [0.2, 0.25) is 0 Å². The lowest BCUT2D eigenvalue weighted by Gasteiger charge is -2.26. The first-order chi connectivity index (χ1) is 20.3. The summed E-state index contributed by atoms with van der Waals surface area (Å²) in [5, 5.41) is 23.1. The minimum atomic E-state index is -1.37. The van der Waals surface area contributed by atoms with Gasteiger partial charge in [-0.05, 0) is 59.7 Å². The predicted octanol–water partition coefficient (Wildman–Crippen LogP) is 5.16. The number of nitro groups is 1. The van der Waals surface area contributed by atoms with Gasteiger partial charge in [0.25, 0.3) is 11.5 Å². The van der Waals surface area contributed by atoms with Crippen LogP contribution in [0.3, 0.4) is 0 Å². The molecule has 2 atom stereocenters. The number of nitrogens with zero attached hydrogens (tertiary/aromatic N) is 3. The number of hydroxylamine groups is 2. The van der Waals surface area contributed by atoms with Crippen molar-refractivity contribution < 1.29 is 38.8 Å². The average molecular weight is 616 g/mol. The minimum absolute atomic E-state index is 0.141. The van der Waals surface area contributed by atoms with E-state index < -0.39 is 41.0 Å². The Hall–Kier alpha value is -3.78. The van der Waals surface area contributed by atoms with Crippen LogP contribution in [0.4, 0.5) is 15.3 Å². The number of nitrogens with two attached hydrogens (primary N) is 1. The van der Waals surface area contributed by atoms with Crippen LogP contribution in [0.5, 0.6) is 0 Å². The van der Waals surface area contributed by atoms with Crippen molar-refractivity contribution in [3.8, 4) is 0 Å². The number of nitro benzene ring substituents is 1. The summed E-state index contributed by atoms with van der Waals surface area (Å²) in [6.45, 7) is 16.0. The summed E-state index contributed by atoms with van der Waals surface area (Å²) in [6, 6.07) is 5.48. The third kappa shape index (κ3) is 17.7. The summed E-state index contributed by atoms with van der Waals surface area (Å²) in [5.41, 5.74) is 4.62. The largest absolute Gasteiger partial charge is 0.475 e. The third-order valence-corrected chi connectivity index (χ3v) is 5.56. The van der Waals surface area contributed by atoms with Crippen LogP contribution < -0.4 is 11.1 Å². The fourth-order valence-electron chi connectivity index (χ4n) is 3.36. The van der Waals surface area contributed by atoms with E-state index in [4.69, 9.17) is 14.7 Å². The lowest BCUT2D eigenvalue weighted by atomic mass is 10.0. The lowest BCUT2D eigenvalue weighted by Crippen LogP contribution is -2.41. The first-order valence-corrected chi connectivity index (χ1v) is 14.5. The number of hydrogen-bond donors (Lipinski definition) is 3. The number of carbonyl (C=O) groups excluding carboxylic acids is 3. The van der Waals surface area contributed by atoms with Crippen molar-refractivity contribution in [2.45, 2.75) is 86.8 Å². The number of hydrogen-bond acceptors (Lipinski definition) is 10. The predicted molar refractivity (Wildman–Crippen MR) is 165 cm³/mol. The van der Waals surface area contributed by atoms with Crippen LogP contribution >= 0.6 is 0 Å². The third-order valence-electron chi connectivity index (χ3n) is 5.56. The summed E-state index contributed by atoms with van der Waals surface area (Å²) in [6.07, 6.45) is -0.439. The number of ketones is 1. The number of likely N-dealkylation sites (N-methyl/N-ethyl adjacent to an activating group) is 1. The monoisotopic (exact) mass is 615 g/mol. The number of benzene rings is 1. The van der Waals surface area contributed by atoms with E-state index >= 15 is 0 Å². The summed E-state index contributed by atoms with van der Waals surface area (Å²) < 4.78 is 5.32. The second kappa shape index (κ2) is 25.9. The van der Waals surface area contributed by atoms with Gasteiger partial charge in [-0.25, -0.2) is 14.4 Å². The van der Waals surface area contributed by atoms with Crippen LogP contribution in [0, 0.1) is 16.0 Å². The molecule has 0 aliphatic rings. The maximum absolute atomic E-state index is 12.5. The van der Waals surface area contributed by atoms with Crippen LogP contribution in [0.2, 0.25) is 0 Å². The molecule has 14 nitrogen and oxygen atoms in total. The molecule has 1 aromatic carbocycles. The highest BCUT2D eigenvalue weighted by atomic mass is 16.8. The van der Waals surface area contributed by atoms with Gasteiger partial charge in [0.05, 0.1) is 23.1 Å². The molecule has 14 heteroatoms. The van der Waals surface area contributed by atoms with Gasteiger partial charge in [-0.1, -0.05) is 53.2 Å². The molecule has 1 aromatic rings. The Balaban J connectivity index is -0.000000836. The molecule has 4 N–H and O–H groups in total. The summed E-state index contributed by atoms with van der Waals surface area (Å²) in [7, 11) is 3.09. The van der Waals surface area contributed by atoms with Crippen molar-refractivity contribution in [1.82, 2.24) is 15.3 Å². The number of amides is 2. The molecule has 1 unspecified atom stereocenters. The van der Waals surface area contributed by atoms with Gasteiger partial charge in [-0.3, -0.25) is 14.9 Å². The Morgan fingerprint density at radius 2 is 1.56 bits per heavy atom. The number of Topliss-reactive ketones (excluding diaryl/α,β-unsaturated/α-hetero) is 1. The molecule has 0 aliphatic carbocycles. The van der Waals surface area contributed by atoms with E-state index in [1.165, 1.54) is 37.1 Å². The summed E-state index contributed by atoms with van der Waals surface area (Å²) >= 11 is 0. The van der Waals surface area contributed by atoms with Crippen LogP contribution in [0.15, 0.2) is 24.3 Å². The number of ether oxygens (including phenoxy) is 1. The highest BCUT2D eigenvalue weighted by Crippen LogP contribution is 2.27. The molecule has 2 amide bonds. The lowest BCUT2D eigenvalue weighted by molar-refractivity contribution is -0.386. The summed E-state index contributed by atoms with van der Waals surface area (Å²) in [5.74, 6) is -1.81. The van der Waals surface area contributed by atoms with Crippen LogP contribution in [0.1, 0.15) is 86.3 Å². The number of aliphatic carboxylic acids is 1. The highest BCUT2D eigenvalue weighted by molar-refractivity contribution is 6.34. The number of carboxylic acid groups (broad SMARTS) is 1. The number of carbonyl (C=O) groups is 4. The zero-order valence-corrected chi connectivity index (χ0v) is 27.4. The highest BCUT2D eigenvalue weighted by Gasteiger charge is 2.27. The minimum Gasteiger partial charge on any atom is -0.475 e. The van der Waals surface area contributed by atoms with Crippen LogP contribution in [0.25, 0.3) is 0 Å². The number of nitrogens with one attached hydrogen (secondary N) is 1. The molecule has 43 heavy (non-hydrogen) atoms. The molecule has 0 saturated heterocycles. The van der Waals surface area contributed by atoms with E-state index in [1.54, 1.807) is 27.0 Å². The molecule has 0 radical (unpaired) electrons. The molecular formula is C29H53N5O9. The standard InChI is InChI=1S/C18H27N3O6.C8H15NO3.C2H6.CH5N/c1-5-8-13-20(27-17(22)19(6-2)7-3)18(23)26-14(4)15-11-9-10-12-16(15)21(24)25;1-5(2)4-6(9-3)7(10)8(11)12;2*1-2/h9-12,14H,5-8,13H2,1-4H3;5-6,9H,4H2,1-3H3,(H,11,12);1-2H3;2H2,1H3/t;6-;;/m.0../s1. The number of rotatable bonds is 13. The van der Waals surface area contributed by atoms with Gasteiger partial charge in [0.15, 0.2) is 0 Å². The Morgan fingerprint density at radius 1 is 1.02 bits per heavy atom. The van der Waals surface area contributed by atoms with E-state index in [0.29, 0.717) is 31.8 Å². The Bertz CT molecular complexity index is 956. The molecule has 1 rings (SSSR count). The summed E-state index contributed by atoms with van der Waals surface area (Å²) in [4.78, 5) is 63.1. The van der Waals surface area contributed by atoms with E-state index in [-0.39, 0.29) is 17.8 Å². The van der Waals surface area contributed by atoms with Crippen molar-refractivity contribution in [2.24, 2.45) is 11.7 Å². The molecule has 0 fully saturated rings. The van der Waals surface area contributed by atoms with Gasteiger partial charge in [-0.15, -0.1) is 5.06 Å². The van der Waals surface area contributed by atoms with Crippen molar-refractivity contribution in [2.75, 3.05) is 33.7 Å². The second-order valence-corrected chi connectivity index (χ2v) is 8.97. The number of para-hydroxylation sites is 1. The molecule has 0 saturated carbocycles. The van der Waals surface area contributed by atoms with Crippen molar-refractivity contribution in [3.63, 3.8) is 0 Å². The van der Waals surface area contributed by atoms with E-state index in [2.05, 4.69) is 11.1 Å². The molecule has 0 heterocycles. The first kappa shape index (κ1) is 43.7. The molecule has 0 spiro atoms. The maximum atomic E-state index is 12.5. The van der Waals surface area contributed by atoms with Gasteiger partial charge < -0.3 is 30.6 Å². The van der Waals surface area contributed by atoms with E-state index in [1.807, 2.05) is 34.6 Å². The van der Waals surface area contributed by atoms with Gasteiger partial charge in [0, 0.05) is 19.2 Å². The fourth-order valence-corrected chi connectivity index (χ4v) is 3.36. The Kier molecular flexibility index (Phi) is 26.3.